The minimum Gasteiger partial charge on any atom is -0.192 e. The van der Waals surface area contributed by atoms with Gasteiger partial charge < -0.3 is 0 Å². The fourth-order valence-corrected chi connectivity index (χ4v) is 11.3. The van der Waals surface area contributed by atoms with E-state index in [0.717, 1.165) is 11.1 Å². The molecule has 0 spiro atoms. The van der Waals surface area contributed by atoms with Crippen LogP contribution < -0.4 is 0 Å². The second kappa shape index (κ2) is 11.9. The normalized spacial score (nSPS) is 16.5. The summed E-state index contributed by atoms with van der Waals surface area (Å²) < 4.78 is 0. The molecule has 0 saturated carbocycles. The van der Waals surface area contributed by atoms with E-state index in [-0.39, 0.29) is 21.7 Å². The monoisotopic (exact) mass is 770 g/mol. The van der Waals surface area contributed by atoms with Crippen molar-refractivity contribution in [3.63, 3.8) is 0 Å². The van der Waals surface area contributed by atoms with Crippen LogP contribution in [-0.2, 0) is 21.7 Å². The molecule has 60 heavy (non-hydrogen) atoms. The van der Waals surface area contributed by atoms with Gasteiger partial charge in [0.25, 0.3) is 0 Å². The van der Waals surface area contributed by atoms with Crippen molar-refractivity contribution in [2.75, 3.05) is 0 Å². The van der Waals surface area contributed by atoms with Crippen molar-refractivity contribution >= 4 is 21.5 Å². The molecule has 3 aliphatic rings. The third-order valence-corrected chi connectivity index (χ3v) is 15.5. The minimum atomic E-state index is -0.241. The first-order chi connectivity index (χ1) is 28.7. The lowest BCUT2D eigenvalue weighted by atomic mass is 9.54. The van der Waals surface area contributed by atoms with E-state index in [1.807, 2.05) is 24.3 Å². The van der Waals surface area contributed by atoms with Crippen LogP contribution in [0.5, 0.6) is 0 Å². The number of fused-ring (bicyclic) bond motifs is 13. The van der Waals surface area contributed by atoms with E-state index in [4.69, 9.17) is 0 Å². The summed E-state index contributed by atoms with van der Waals surface area (Å²) in [5, 5.41) is 24.1. The molecule has 288 valence electrons. The van der Waals surface area contributed by atoms with Crippen LogP contribution in [0, 0.1) is 22.7 Å². The lowest BCUT2D eigenvalue weighted by Gasteiger charge is -2.49. The molecular formula is C58H46N2. The average molecular weight is 771 g/mol. The van der Waals surface area contributed by atoms with Crippen molar-refractivity contribution in [3.8, 4) is 67.8 Å². The molecule has 2 heteroatoms. The molecule has 11 rings (SSSR count). The summed E-state index contributed by atoms with van der Waals surface area (Å²) >= 11 is 0. The van der Waals surface area contributed by atoms with Gasteiger partial charge in [0.15, 0.2) is 0 Å². The van der Waals surface area contributed by atoms with E-state index in [1.165, 1.54) is 99.4 Å². The Hall–Kier alpha value is -6.74. The van der Waals surface area contributed by atoms with Gasteiger partial charge in [0.05, 0.1) is 23.3 Å². The zero-order chi connectivity index (χ0) is 41.7. The van der Waals surface area contributed by atoms with E-state index in [9.17, 15) is 10.5 Å². The van der Waals surface area contributed by atoms with Crippen molar-refractivity contribution in [1.29, 1.82) is 10.5 Å². The third-order valence-electron chi connectivity index (χ3n) is 15.5. The number of nitriles is 2. The molecule has 0 radical (unpaired) electrons. The first kappa shape index (κ1) is 36.3. The highest BCUT2D eigenvalue weighted by molar-refractivity contribution is 6.11. The van der Waals surface area contributed by atoms with Crippen LogP contribution in [0.3, 0.4) is 0 Å². The summed E-state index contributed by atoms with van der Waals surface area (Å²) in [6.45, 7) is 19.4. The summed E-state index contributed by atoms with van der Waals surface area (Å²) in [5.41, 5.74) is 21.5. The van der Waals surface area contributed by atoms with Gasteiger partial charge >= 0.3 is 0 Å². The Labute approximate surface area is 353 Å². The molecule has 0 aromatic heterocycles. The Morgan fingerprint density at radius 3 is 1.00 bits per heavy atom. The molecule has 0 saturated heterocycles. The van der Waals surface area contributed by atoms with Crippen molar-refractivity contribution in [2.24, 2.45) is 0 Å². The third kappa shape index (κ3) is 4.57. The van der Waals surface area contributed by atoms with Crippen LogP contribution in [-0.4, -0.2) is 0 Å². The van der Waals surface area contributed by atoms with Crippen molar-refractivity contribution < 1.29 is 0 Å². The molecule has 0 aliphatic heterocycles. The van der Waals surface area contributed by atoms with Gasteiger partial charge in [-0.15, -0.1) is 0 Å². The number of hydrogen-bond donors (Lipinski definition) is 0. The standard InChI is InChI=1S/C58H46N2/c1-55(2)47-27-43-44-28-48-46(54-40-16-12-10-14-38(40)42(26-52(54)56(48,3)4)36-23-19-34(32-60)20-24-36)30-50(44)58(7,8)57(5,6)49(43)29-45(47)53-39-15-11-9-13-37(39)41(25-51(53)55)35-21-17-33(31-59)18-22-35/h9-30H,1-8H3. The molecule has 8 aromatic rings. The van der Waals surface area contributed by atoms with Crippen molar-refractivity contribution in [3.05, 3.63) is 178 Å². The highest BCUT2D eigenvalue weighted by atomic mass is 14.5. The van der Waals surface area contributed by atoms with Gasteiger partial charge in [-0.2, -0.15) is 10.5 Å². The predicted octanol–water partition coefficient (Wildman–Crippen LogP) is 14.9. The molecule has 0 bridgehead atoms. The Bertz CT molecular complexity index is 3080. The minimum absolute atomic E-state index is 0.178. The Balaban J connectivity index is 1.15. The van der Waals surface area contributed by atoms with Crippen LogP contribution in [0.15, 0.2) is 133 Å². The van der Waals surface area contributed by atoms with Crippen LogP contribution in [0.25, 0.3) is 77.2 Å². The second-order valence-corrected chi connectivity index (χ2v) is 19.5. The summed E-state index contributed by atoms with van der Waals surface area (Å²) in [6.07, 6.45) is 0. The van der Waals surface area contributed by atoms with E-state index in [2.05, 4.69) is 177 Å². The molecule has 0 heterocycles. The number of hydrogen-bond acceptors (Lipinski definition) is 2. The Morgan fingerprint density at radius 1 is 0.333 bits per heavy atom. The van der Waals surface area contributed by atoms with Crippen LogP contribution in [0.1, 0.15) is 99.9 Å². The summed E-state index contributed by atoms with van der Waals surface area (Å²) in [5.74, 6) is 0. The Kier molecular flexibility index (Phi) is 7.23. The maximum Gasteiger partial charge on any atom is 0.0991 e. The number of nitrogens with zero attached hydrogens (tertiary/aromatic N) is 2. The first-order valence-corrected chi connectivity index (χ1v) is 21.2. The van der Waals surface area contributed by atoms with Gasteiger partial charge in [-0.25, -0.2) is 0 Å². The molecule has 2 nitrogen and oxygen atoms in total. The van der Waals surface area contributed by atoms with Gasteiger partial charge in [-0.3, -0.25) is 0 Å². The average Bonchev–Trinajstić information content (AvgIpc) is 3.62. The van der Waals surface area contributed by atoms with E-state index < -0.39 is 0 Å². The molecule has 0 atom stereocenters. The zero-order valence-electron chi connectivity index (χ0n) is 35.6. The molecule has 0 amide bonds. The largest absolute Gasteiger partial charge is 0.192 e. The molecule has 0 fully saturated rings. The lowest BCUT2D eigenvalue weighted by Crippen LogP contribution is -2.43. The first-order valence-electron chi connectivity index (χ1n) is 21.2. The SMILES string of the molecule is CC1(C)c2cc3c(cc2-c2c1cc(-c1ccc(C#N)cc1)c1ccccc21)C(C)(C)C(C)(C)c1cc2c(cc1-3)C(C)(C)c1cc(-c3ccc(C#N)cc3)c3ccccc3c1-2. The van der Waals surface area contributed by atoms with Crippen LogP contribution in [0.4, 0.5) is 0 Å². The molecule has 8 aromatic carbocycles. The van der Waals surface area contributed by atoms with E-state index in [1.54, 1.807) is 0 Å². The zero-order valence-corrected chi connectivity index (χ0v) is 35.6. The highest BCUT2D eigenvalue weighted by Gasteiger charge is 2.50. The van der Waals surface area contributed by atoms with Crippen molar-refractivity contribution in [2.45, 2.75) is 77.0 Å². The topological polar surface area (TPSA) is 47.6 Å². The van der Waals surface area contributed by atoms with Gasteiger partial charge in [0.1, 0.15) is 0 Å². The van der Waals surface area contributed by atoms with Gasteiger partial charge in [0.2, 0.25) is 0 Å². The Morgan fingerprint density at radius 2 is 0.650 bits per heavy atom. The lowest BCUT2D eigenvalue weighted by molar-refractivity contribution is 0.299. The fraction of sp³-hybridized carbons (Fsp3) is 0.207. The molecule has 3 aliphatic carbocycles. The van der Waals surface area contributed by atoms with Gasteiger partial charge in [0, 0.05) is 10.8 Å². The summed E-state index contributed by atoms with van der Waals surface area (Å²) in [6, 6.07) is 53.6. The second-order valence-electron chi connectivity index (χ2n) is 19.5. The maximum atomic E-state index is 9.54. The van der Waals surface area contributed by atoms with E-state index >= 15 is 0 Å². The van der Waals surface area contributed by atoms with Crippen LogP contribution in [0.2, 0.25) is 0 Å². The number of benzene rings is 8. The quantitative estimate of drug-likeness (QED) is 0.176. The van der Waals surface area contributed by atoms with Gasteiger partial charge in [-0.1, -0.05) is 128 Å². The van der Waals surface area contributed by atoms with Crippen LogP contribution >= 0.6 is 0 Å². The smallest absolute Gasteiger partial charge is 0.0991 e. The van der Waals surface area contributed by atoms with Crippen molar-refractivity contribution in [1.82, 2.24) is 0 Å². The number of rotatable bonds is 2. The highest BCUT2D eigenvalue weighted by Crippen LogP contribution is 2.62. The molecule has 0 N–H and O–H groups in total. The fourth-order valence-electron chi connectivity index (χ4n) is 11.3. The molecular weight excluding hydrogens is 725 g/mol. The predicted molar refractivity (Wildman–Crippen MR) is 248 cm³/mol. The summed E-state index contributed by atoms with van der Waals surface area (Å²) in [4.78, 5) is 0. The maximum absolute atomic E-state index is 9.54. The summed E-state index contributed by atoms with van der Waals surface area (Å²) in [7, 11) is 0. The van der Waals surface area contributed by atoms with E-state index in [0.29, 0.717) is 11.1 Å². The van der Waals surface area contributed by atoms with Gasteiger partial charge in [-0.05, 0) is 182 Å². The molecule has 0 unspecified atom stereocenters.